The molecule has 41 heavy (non-hydrogen) atoms. The van der Waals surface area contributed by atoms with E-state index in [9.17, 15) is 23.6 Å². The highest BCUT2D eigenvalue weighted by atomic mass is 19.1. The Morgan fingerprint density at radius 2 is 1.78 bits per heavy atom. The molecule has 208 valence electrons. The highest BCUT2D eigenvalue weighted by Gasteiger charge is 3.09. The zero-order valence-electron chi connectivity index (χ0n) is 22.0. The van der Waals surface area contributed by atoms with E-state index in [-0.39, 0.29) is 40.4 Å². The van der Waals surface area contributed by atoms with Gasteiger partial charge in [0.25, 0.3) is 11.8 Å². The Morgan fingerprint density at radius 1 is 1.05 bits per heavy atom. The third-order valence-electron chi connectivity index (χ3n) is 11.0. The Bertz CT molecular complexity index is 1920. The Labute approximate surface area is 230 Å². The number of carbonyl (C=O) groups is 3. The number of oxazole rings is 1. The molecule has 0 aliphatic heterocycles. The van der Waals surface area contributed by atoms with Crippen LogP contribution in [0.4, 0.5) is 4.39 Å². The summed E-state index contributed by atoms with van der Waals surface area (Å²) in [5.41, 5.74) is 1.56. The lowest BCUT2D eigenvalue weighted by Gasteiger charge is -3.11. The van der Waals surface area contributed by atoms with E-state index in [0.717, 1.165) is 10.7 Å². The van der Waals surface area contributed by atoms with Crippen LogP contribution in [-0.2, 0) is 18.4 Å². The summed E-state index contributed by atoms with van der Waals surface area (Å²) in [6.45, 7) is 2.20. The van der Waals surface area contributed by atoms with Gasteiger partial charge in [0.1, 0.15) is 11.4 Å². The van der Waals surface area contributed by atoms with E-state index in [1.54, 1.807) is 32.2 Å². The fraction of sp³-hybridized carbons (Fsp3) is 0.429. The minimum atomic E-state index is -0.746. The molecule has 12 nitrogen and oxygen atoms in total. The zero-order valence-corrected chi connectivity index (χ0v) is 22.0. The highest BCUT2D eigenvalue weighted by Crippen LogP contribution is 3.06. The van der Waals surface area contributed by atoms with E-state index in [4.69, 9.17) is 4.42 Å². The Kier molecular flexibility index (Phi) is 3.97. The normalized spacial score (nSPS) is 34.0. The van der Waals surface area contributed by atoms with Gasteiger partial charge < -0.3 is 20.4 Å². The SMILES string of the molecule is CC(=O)NC12C3C4C1C1C2C3C41CNC(=O)c1cc(C(=O)NCc2ccc3oc(=O)n(C)c3c2)nc2c(F)cnn12. The lowest BCUT2D eigenvalue weighted by Crippen LogP contribution is -3.15. The van der Waals surface area contributed by atoms with Crippen molar-refractivity contribution in [2.75, 3.05) is 6.54 Å². The highest BCUT2D eigenvalue weighted by molar-refractivity contribution is 5.98. The van der Waals surface area contributed by atoms with Gasteiger partial charge in [0, 0.05) is 33.1 Å². The minimum Gasteiger partial charge on any atom is -0.408 e. The molecule has 3 aromatic heterocycles. The third-order valence-corrected chi connectivity index (χ3v) is 11.0. The van der Waals surface area contributed by atoms with Crippen molar-refractivity contribution in [1.82, 2.24) is 35.1 Å². The van der Waals surface area contributed by atoms with Gasteiger partial charge in [0.2, 0.25) is 5.91 Å². The average molecular weight is 558 g/mol. The van der Waals surface area contributed by atoms with E-state index in [0.29, 0.717) is 58.7 Å². The lowest BCUT2D eigenvalue weighted by atomic mass is 8.94. The fourth-order valence-electron chi connectivity index (χ4n) is 9.75. The predicted octanol–water partition coefficient (Wildman–Crippen LogP) is 0.600. The second kappa shape index (κ2) is 7.01. The van der Waals surface area contributed by atoms with Crippen molar-refractivity contribution in [3.8, 4) is 0 Å². The van der Waals surface area contributed by atoms with Crippen LogP contribution in [0, 0.1) is 46.7 Å². The molecular weight excluding hydrogens is 533 g/mol. The van der Waals surface area contributed by atoms with Gasteiger partial charge in [-0.2, -0.15) is 5.10 Å². The fourth-order valence-corrected chi connectivity index (χ4v) is 9.75. The molecular formula is C28H24FN7O5. The number of carbonyl (C=O) groups excluding carboxylic acids is 3. The number of aryl methyl sites for hydroxylation is 1. The Morgan fingerprint density at radius 3 is 2.49 bits per heavy atom. The van der Waals surface area contributed by atoms with Crippen LogP contribution in [0.3, 0.4) is 0 Å². The van der Waals surface area contributed by atoms with Crippen LogP contribution in [0.1, 0.15) is 33.5 Å². The molecule has 0 unspecified atom stereocenters. The van der Waals surface area contributed by atoms with Gasteiger partial charge >= 0.3 is 5.76 Å². The first-order valence-electron chi connectivity index (χ1n) is 13.7. The number of benzene rings is 1. The molecule has 13 heteroatoms. The lowest BCUT2D eigenvalue weighted by molar-refractivity contribution is -0.622. The first-order chi connectivity index (χ1) is 19.7. The van der Waals surface area contributed by atoms with Gasteiger partial charge in [-0.3, -0.25) is 19.0 Å². The largest absolute Gasteiger partial charge is 0.419 e. The van der Waals surface area contributed by atoms with Gasteiger partial charge in [0.15, 0.2) is 17.0 Å². The summed E-state index contributed by atoms with van der Waals surface area (Å²) in [5, 5.41) is 13.0. The molecule has 3 heterocycles. The molecule has 0 saturated heterocycles. The smallest absolute Gasteiger partial charge is 0.408 e. The predicted molar refractivity (Wildman–Crippen MR) is 138 cm³/mol. The van der Waals surface area contributed by atoms with Gasteiger partial charge in [-0.1, -0.05) is 6.07 Å². The summed E-state index contributed by atoms with van der Waals surface area (Å²) in [7, 11) is 1.59. The van der Waals surface area contributed by atoms with Crippen molar-refractivity contribution >= 4 is 34.5 Å². The molecule has 6 aliphatic carbocycles. The summed E-state index contributed by atoms with van der Waals surface area (Å²) in [6.07, 6.45) is 0.963. The number of rotatable bonds is 7. The van der Waals surface area contributed by atoms with Crippen molar-refractivity contribution in [1.29, 1.82) is 0 Å². The van der Waals surface area contributed by atoms with Crippen LogP contribution < -0.4 is 21.7 Å². The van der Waals surface area contributed by atoms with Crippen LogP contribution in [0.25, 0.3) is 16.7 Å². The average Bonchev–Trinajstić information content (AvgIpc) is 3.48. The number of hydrogen-bond acceptors (Lipinski definition) is 7. The summed E-state index contributed by atoms with van der Waals surface area (Å²) < 4.78 is 22.1. The van der Waals surface area contributed by atoms with E-state index in [2.05, 4.69) is 26.0 Å². The number of aromatic nitrogens is 4. The van der Waals surface area contributed by atoms with Gasteiger partial charge in [-0.25, -0.2) is 18.7 Å². The molecule has 0 spiro atoms. The maximum atomic E-state index is 14.5. The summed E-state index contributed by atoms with van der Waals surface area (Å²) in [4.78, 5) is 54.0. The summed E-state index contributed by atoms with van der Waals surface area (Å²) in [6, 6.07) is 6.42. The second-order valence-corrected chi connectivity index (χ2v) is 12.2. The van der Waals surface area contributed by atoms with Crippen LogP contribution >= 0.6 is 0 Å². The number of amides is 3. The van der Waals surface area contributed by atoms with Crippen LogP contribution in [0.15, 0.2) is 39.7 Å². The van der Waals surface area contributed by atoms with Gasteiger partial charge in [-0.15, -0.1) is 0 Å². The van der Waals surface area contributed by atoms with Crippen molar-refractivity contribution in [3.63, 3.8) is 0 Å². The third kappa shape index (κ3) is 2.37. The molecule has 3 amide bonds. The van der Waals surface area contributed by atoms with Crippen LogP contribution in [0.2, 0.25) is 0 Å². The molecule has 1 aromatic carbocycles. The molecule has 6 aliphatic rings. The van der Waals surface area contributed by atoms with Crippen LogP contribution in [-0.4, -0.2) is 49.0 Å². The van der Waals surface area contributed by atoms with Crippen molar-refractivity contribution in [3.05, 3.63) is 63.8 Å². The molecule has 0 atom stereocenters. The first-order valence-corrected chi connectivity index (χ1v) is 13.7. The number of hydrogen-bond donors (Lipinski definition) is 3. The summed E-state index contributed by atoms with van der Waals surface area (Å²) in [5.74, 6) is 0.978. The molecule has 10 rings (SSSR count). The Balaban J connectivity index is 0.926. The number of fused-ring (bicyclic) bond motifs is 2. The first kappa shape index (κ1) is 23.2. The Hall–Kier alpha value is -4.55. The summed E-state index contributed by atoms with van der Waals surface area (Å²) >= 11 is 0. The van der Waals surface area contributed by atoms with Crippen LogP contribution in [0.5, 0.6) is 0 Å². The second-order valence-electron chi connectivity index (χ2n) is 12.2. The minimum absolute atomic E-state index is 0.0190. The van der Waals surface area contributed by atoms with Gasteiger partial charge in [-0.05, 0) is 58.6 Å². The van der Waals surface area contributed by atoms with E-state index >= 15 is 0 Å². The standard InChI is InChI=1S/C28H24FN7O5/c1-10(37)34-28-20-17-21(28)19-22(28)18(20)27(17,19)9-31-25(39)15-6-13(33-23-12(29)8-32-36(15)23)24(38)30-7-11-3-4-16-14(5-11)35(2)26(40)41-16/h3-6,8,17-22H,7,9H2,1-2H3,(H,30,38)(H,31,39)(H,34,37). The molecule has 3 N–H and O–H groups in total. The molecule has 0 radical (unpaired) electrons. The van der Waals surface area contributed by atoms with Crippen molar-refractivity contribution in [2.24, 2.45) is 48.0 Å². The van der Waals surface area contributed by atoms with E-state index < -0.39 is 23.4 Å². The number of nitrogens with zero attached hydrogens (tertiary/aromatic N) is 4. The topological polar surface area (TPSA) is 153 Å². The van der Waals surface area contributed by atoms with Gasteiger partial charge in [0.05, 0.1) is 17.3 Å². The number of halogens is 1. The maximum absolute atomic E-state index is 14.5. The van der Waals surface area contributed by atoms with Crippen molar-refractivity contribution < 1.29 is 23.2 Å². The molecule has 6 fully saturated rings. The molecule has 0 bridgehead atoms. The number of nitrogens with one attached hydrogen (secondary N) is 3. The van der Waals surface area contributed by atoms with E-state index in [1.807, 2.05) is 0 Å². The van der Waals surface area contributed by atoms with Crippen molar-refractivity contribution in [2.45, 2.75) is 19.0 Å². The molecule has 4 aromatic rings. The quantitative estimate of drug-likeness (QED) is 0.301. The zero-order chi connectivity index (χ0) is 28.2. The van der Waals surface area contributed by atoms with E-state index in [1.165, 1.54) is 10.6 Å². The molecule has 6 saturated carbocycles. The monoisotopic (exact) mass is 557 g/mol. The maximum Gasteiger partial charge on any atom is 0.419 e.